The highest BCUT2D eigenvalue weighted by Gasteiger charge is 2.24. The molecule has 2 rings (SSSR count). The number of hydrogen-bond donors (Lipinski definition) is 1. The number of ether oxygens (including phenoxy) is 1. The highest BCUT2D eigenvalue weighted by molar-refractivity contribution is 5.89. The van der Waals surface area contributed by atoms with E-state index < -0.39 is 0 Å². The number of carbonyl (C=O) groups is 1. The zero-order valence-corrected chi connectivity index (χ0v) is 11.1. The second kappa shape index (κ2) is 6.01. The van der Waals surface area contributed by atoms with Gasteiger partial charge in [0.25, 0.3) is 0 Å². The molecule has 0 aromatic heterocycles. The van der Waals surface area contributed by atoms with Crippen LogP contribution >= 0.6 is 0 Å². The molecule has 1 aliphatic heterocycles. The number of benzene rings is 1. The van der Waals surface area contributed by atoms with E-state index in [1.165, 1.54) is 0 Å². The van der Waals surface area contributed by atoms with Gasteiger partial charge in [0, 0.05) is 12.1 Å². The predicted octanol–water partition coefficient (Wildman–Crippen LogP) is 2.62. The second-order valence-corrected chi connectivity index (χ2v) is 5.27. The van der Waals surface area contributed by atoms with E-state index in [1.807, 2.05) is 18.2 Å². The van der Waals surface area contributed by atoms with Crippen LogP contribution in [0.25, 0.3) is 0 Å². The molecule has 2 unspecified atom stereocenters. The molecule has 1 aliphatic rings. The first-order chi connectivity index (χ1) is 8.65. The van der Waals surface area contributed by atoms with Gasteiger partial charge in [-0.15, -0.1) is 0 Å². The maximum Gasteiger partial charge on any atom is 0.338 e. The number of piperidine rings is 1. The Kier molecular flexibility index (Phi) is 4.37. The molecular weight excluding hydrogens is 226 g/mol. The molecule has 0 radical (unpaired) electrons. The Bertz CT molecular complexity index is 381. The van der Waals surface area contributed by atoms with Crippen molar-refractivity contribution in [2.45, 2.75) is 38.8 Å². The van der Waals surface area contributed by atoms with Crippen molar-refractivity contribution in [3.8, 4) is 0 Å². The molecule has 1 saturated heterocycles. The molecule has 2 atom stereocenters. The van der Waals surface area contributed by atoms with Crippen molar-refractivity contribution in [2.24, 2.45) is 5.92 Å². The average Bonchev–Trinajstić information content (AvgIpc) is 2.36. The Morgan fingerprint density at radius 1 is 1.22 bits per heavy atom. The lowest BCUT2D eigenvalue weighted by atomic mass is 9.90. The molecule has 1 N–H and O–H groups in total. The highest BCUT2D eigenvalue weighted by atomic mass is 16.5. The molecule has 0 bridgehead atoms. The van der Waals surface area contributed by atoms with Crippen LogP contribution in [0.4, 0.5) is 0 Å². The van der Waals surface area contributed by atoms with Crippen LogP contribution in [0.2, 0.25) is 0 Å². The second-order valence-electron chi connectivity index (χ2n) is 5.27. The van der Waals surface area contributed by atoms with Gasteiger partial charge in [-0.3, -0.25) is 0 Å². The van der Waals surface area contributed by atoms with Gasteiger partial charge in [-0.05, 0) is 44.7 Å². The molecule has 3 heteroatoms. The maximum absolute atomic E-state index is 11.8. The third-order valence-corrected chi connectivity index (χ3v) is 3.40. The smallest absolute Gasteiger partial charge is 0.338 e. The predicted molar refractivity (Wildman–Crippen MR) is 71.5 cm³/mol. The van der Waals surface area contributed by atoms with Gasteiger partial charge in [0.2, 0.25) is 0 Å². The lowest BCUT2D eigenvalue weighted by Crippen LogP contribution is -2.43. The summed E-state index contributed by atoms with van der Waals surface area (Å²) in [4.78, 5) is 11.8. The van der Waals surface area contributed by atoms with Gasteiger partial charge in [0.1, 0.15) is 0 Å². The first kappa shape index (κ1) is 13.1. The number of esters is 1. The third-order valence-electron chi connectivity index (χ3n) is 3.40. The first-order valence-electron chi connectivity index (χ1n) is 6.63. The van der Waals surface area contributed by atoms with Crippen molar-refractivity contribution in [2.75, 3.05) is 6.61 Å². The van der Waals surface area contributed by atoms with E-state index in [0.717, 1.165) is 12.8 Å². The third kappa shape index (κ3) is 3.57. The normalized spacial score (nSPS) is 27.8. The van der Waals surface area contributed by atoms with E-state index in [4.69, 9.17) is 4.74 Å². The summed E-state index contributed by atoms with van der Waals surface area (Å²) in [7, 11) is 0. The van der Waals surface area contributed by atoms with E-state index in [-0.39, 0.29) is 5.97 Å². The first-order valence-corrected chi connectivity index (χ1v) is 6.63. The summed E-state index contributed by atoms with van der Waals surface area (Å²) in [5, 5.41) is 3.49. The van der Waals surface area contributed by atoms with Crippen molar-refractivity contribution < 1.29 is 9.53 Å². The summed E-state index contributed by atoms with van der Waals surface area (Å²) in [6, 6.07) is 10.2. The fraction of sp³-hybridized carbons (Fsp3) is 0.533. The Balaban J connectivity index is 1.83. The van der Waals surface area contributed by atoms with E-state index >= 15 is 0 Å². The van der Waals surface area contributed by atoms with Crippen LogP contribution in [-0.2, 0) is 4.74 Å². The van der Waals surface area contributed by atoms with E-state index in [0.29, 0.717) is 30.2 Å². The lowest BCUT2D eigenvalue weighted by molar-refractivity contribution is 0.0386. The number of nitrogens with one attached hydrogen (secondary N) is 1. The van der Waals surface area contributed by atoms with Crippen LogP contribution in [0.1, 0.15) is 37.0 Å². The molecule has 1 aromatic carbocycles. The summed E-state index contributed by atoms with van der Waals surface area (Å²) >= 11 is 0. The minimum Gasteiger partial charge on any atom is -0.462 e. The van der Waals surface area contributed by atoms with Gasteiger partial charge >= 0.3 is 5.97 Å². The molecule has 0 spiro atoms. The molecule has 18 heavy (non-hydrogen) atoms. The van der Waals surface area contributed by atoms with Crippen molar-refractivity contribution in [1.29, 1.82) is 0 Å². The summed E-state index contributed by atoms with van der Waals surface area (Å²) in [6.45, 7) is 4.90. The van der Waals surface area contributed by atoms with Crippen molar-refractivity contribution in [1.82, 2.24) is 5.32 Å². The van der Waals surface area contributed by atoms with Crippen LogP contribution in [-0.4, -0.2) is 24.7 Å². The Labute approximate surface area is 109 Å². The van der Waals surface area contributed by atoms with Crippen LogP contribution < -0.4 is 5.32 Å². The Morgan fingerprint density at radius 2 is 1.83 bits per heavy atom. The van der Waals surface area contributed by atoms with Gasteiger partial charge in [0.05, 0.1) is 12.2 Å². The molecular formula is C15H21NO2. The largest absolute Gasteiger partial charge is 0.462 e. The Hall–Kier alpha value is -1.35. The van der Waals surface area contributed by atoms with Crippen molar-refractivity contribution in [3.63, 3.8) is 0 Å². The number of rotatable bonds is 3. The summed E-state index contributed by atoms with van der Waals surface area (Å²) in [5.74, 6) is 0.262. The molecule has 1 fully saturated rings. The fourth-order valence-corrected chi connectivity index (χ4v) is 2.71. The lowest BCUT2D eigenvalue weighted by Gasteiger charge is -2.32. The number of hydrogen-bond acceptors (Lipinski definition) is 3. The zero-order valence-electron chi connectivity index (χ0n) is 11.1. The summed E-state index contributed by atoms with van der Waals surface area (Å²) in [6.07, 6.45) is 2.15. The van der Waals surface area contributed by atoms with Gasteiger partial charge in [-0.1, -0.05) is 18.2 Å². The van der Waals surface area contributed by atoms with Crippen molar-refractivity contribution >= 4 is 5.97 Å². The topological polar surface area (TPSA) is 38.3 Å². The monoisotopic (exact) mass is 247 g/mol. The molecule has 0 aliphatic carbocycles. The van der Waals surface area contributed by atoms with Crippen LogP contribution in [0, 0.1) is 5.92 Å². The minimum absolute atomic E-state index is 0.213. The van der Waals surface area contributed by atoms with Crippen LogP contribution in [0.3, 0.4) is 0 Å². The van der Waals surface area contributed by atoms with Gasteiger partial charge in [-0.25, -0.2) is 4.79 Å². The summed E-state index contributed by atoms with van der Waals surface area (Å²) in [5.41, 5.74) is 0.632. The molecule has 0 amide bonds. The summed E-state index contributed by atoms with van der Waals surface area (Å²) < 4.78 is 5.40. The molecule has 0 saturated carbocycles. The van der Waals surface area contributed by atoms with Gasteiger partial charge < -0.3 is 10.1 Å². The quantitative estimate of drug-likeness (QED) is 0.834. The molecule has 3 nitrogen and oxygen atoms in total. The maximum atomic E-state index is 11.8. The minimum atomic E-state index is -0.213. The van der Waals surface area contributed by atoms with E-state index in [2.05, 4.69) is 19.2 Å². The standard InChI is InChI=1S/C15H21NO2/c1-11-8-13(9-12(2)16-11)10-18-15(17)14-6-4-3-5-7-14/h3-7,11-13,16H,8-10H2,1-2H3. The van der Waals surface area contributed by atoms with Gasteiger partial charge in [0.15, 0.2) is 0 Å². The van der Waals surface area contributed by atoms with E-state index in [9.17, 15) is 4.79 Å². The highest BCUT2D eigenvalue weighted by Crippen LogP contribution is 2.20. The molecule has 1 aromatic rings. The van der Waals surface area contributed by atoms with Crippen LogP contribution in [0.5, 0.6) is 0 Å². The Morgan fingerprint density at radius 3 is 2.44 bits per heavy atom. The fourth-order valence-electron chi connectivity index (χ4n) is 2.71. The van der Waals surface area contributed by atoms with Gasteiger partial charge in [-0.2, -0.15) is 0 Å². The molecule has 98 valence electrons. The average molecular weight is 247 g/mol. The zero-order chi connectivity index (χ0) is 13.0. The molecule has 1 heterocycles. The van der Waals surface area contributed by atoms with Crippen LogP contribution in [0.15, 0.2) is 30.3 Å². The number of carbonyl (C=O) groups excluding carboxylic acids is 1. The SMILES string of the molecule is CC1CC(COC(=O)c2ccccc2)CC(C)N1. The van der Waals surface area contributed by atoms with E-state index in [1.54, 1.807) is 12.1 Å². The van der Waals surface area contributed by atoms with Crippen molar-refractivity contribution in [3.05, 3.63) is 35.9 Å².